The second-order valence-corrected chi connectivity index (χ2v) is 4.14. The lowest BCUT2D eigenvalue weighted by molar-refractivity contribution is 0.354. The monoisotopic (exact) mass is 262 g/mol. The highest BCUT2D eigenvalue weighted by molar-refractivity contribution is 5.44. The van der Waals surface area contributed by atoms with E-state index in [0.717, 1.165) is 22.8 Å². The number of hydrogen-bond donors (Lipinski definition) is 1. The van der Waals surface area contributed by atoms with Gasteiger partial charge in [0.2, 0.25) is 0 Å². The first kappa shape index (κ1) is 13.3. The van der Waals surface area contributed by atoms with Crippen LogP contribution in [0.1, 0.15) is 17.0 Å². The minimum absolute atomic E-state index is 0.535. The molecule has 0 saturated carbocycles. The molecule has 0 fully saturated rings. The normalized spacial score (nSPS) is 10.3. The number of anilines is 1. The Morgan fingerprint density at radius 3 is 2.53 bits per heavy atom. The minimum atomic E-state index is 0.535. The summed E-state index contributed by atoms with van der Waals surface area (Å²) >= 11 is 0. The van der Waals surface area contributed by atoms with Gasteiger partial charge in [0.15, 0.2) is 11.5 Å². The third-order valence-electron chi connectivity index (χ3n) is 2.92. The first-order valence-electron chi connectivity index (χ1n) is 6.03. The summed E-state index contributed by atoms with van der Waals surface area (Å²) in [6, 6.07) is 6.36. The van der Waals surface area contributed by atoms with Gasteiger partial charge in [0.05, 0.1) is 19.9 Å². The van der Waals surface area contributed by atoms with E-state index in [4.69, 9.17) is 13.9 Å². The second-order valence-electron chi connectivity index (χ2n) is 4.14. The van der Waals surface area contributed by atoms with Gasteiger partial charge in [-0.3, -0.25) is 0 Å². The second kappa shape index (κ2) is 5.65. The fourth-order valence-corrected chi connectivity index (χ4v) is 1.87. The van der Waals surface area contributed by atoms with E-state index in [1.165, 1.54) is 0 Å². The molecule has 0 saturated heterocycles. The van der Waals surface area contributed by atoms with Crippen LogP contribution in [0.4, 0.5) is 6.01 Å². The Labute approximate surface area is 112 Å². The molecule has 0 spiro atoms. The molecule has 0 unspecified atom stereocenters. The molecule has 0 bridgehead atoms. The molecule has 0 aliphatic heterocycles. The summed E-state index contributed by atoms with van der Waals surface area (Å²) in [5, 5.41) is 2.89. The van der Waals surface area contributed by atoms with Crippen molar-refractivity contribution in [2.75, 3.05) is 26.6 Å². The van der Waals surface area contributed by atoms with Gasteiger partial charge in [-0.1, -0.05) is 6.07 Å². The van der Waals surface area contributed by atoms with Gasteiger partial charge in [-0.2, -0.15) is 4.98 Å². The fraction of sp³-hybridized carbons (Fsp3) is 0.357. The number of nitrogens with zero attached hydrogens (tertiary/aromatic N) is 1. The average molecular weight is 262 g/mol. The molecule has 1 aromatic heterocycles. The minimum Gasteiger partial charge on any atom is -0.493 e. The number of hydrogen-bond acceptors (Lipinski definition) is 5. The Hall–Kier alpha value is -2.17. The molecule has 5 nitrogen and oxygen atoms in total. The maximum Gasteiger partial charge on any atom is 0.294 e. The van der Waals surface area contributed by atoms with Crippen molar-refractivity contribution >= 4 is 6.01 Å². The maximum absolute atomic E-state index is 5.60. The molecule has 1 aromatic carbocycles. The van der Waals surface area contributed by atoms with Crippen molar-refractivity contribution in [3.63, 3.8) is 0 Å². The highest BCUT2D eigenvalue weighted by Gasteiger charge is 2.11. The van der Waals surface area contributed by atoms with E-state index in [9.17, 15) is 0 Å². The number of aromatic nitrogens is 1. The van der Waals surface area contributed by atoms with Crippen molar-refractivity contribution in [3.8, 4) is 11.5 Å². The molecule has 0 amide bonds. The zero-order valence-electron chi connectivity index (χ0n) is 11.6. The van der Waals surface area contributed by atoms with Crippen molar-refractivity contribution in [3.05, 3.63) is 35.2 Å². The van der Waals surface area contributed by atoms with Crippen molar-refractivity contribution < 1.29 is 13.9 Å². The van der Waals surface area contributed by atoms with E-state index in [0.29, 0.717) is 18.2 Å². The number of aryl methyl sites for hydroxylation is 1. The van der Waals surface area contributed by atoms with Gasteiger partial charge < -0.3 is 19.2 Å². The molecule has 0 aliphatic rings. The lowest BCUT2D eigenvalue weighted by Gasteiger charge is -2.08. The number of benzene rings is 1. The first-order chi connectivity index (χ1) is 9.17. The zero-order chi connectivity index (χ0) is 13.8. The highest BCUT2D eigenvalue weighted by atomic mass is 16.5. The predicted octanol–water partition coefficient (Wildman–Crippen LogP) is 2.63. The van der Waals surface area contributed by atoms with Gasteiger partial charge in [-0.05, 0) is 24.6 Å². The molecular formula is C14H18N2O3. The Morgan fingerprint density at radius 2 is 1.95 bits per heavy atom. The van der Waals surface area contributed by atoms with Gasteiger partial charge in [0.25, 0.3) is 6.01 Å². The van der Waals surface area contributed by atoms with E-state index in [-0.39, 0.29) is 0 Å². The van der Waals surface area contributed by atoms with Crippen LogP contribution in [0.15, 0.2) is 22.6 Å². The van der Waals surface area contributed by atoms with Crippen LogP contribution in [0, 0.1) is 6.92 Å². The molecule has 2 rings (SSSR count). The average Bonchev–Trinajstić information content (AvgIpc) is 2.79. The maximum atomic E-state index is 5.60. The molecule has 5 heteroatoms. The summed E-state index contributed by atoms with van der Waals surface area (Å²) in [5.74, 6) is 2.28. The third kappa shape index (κ3) is 2.81. The summed E-state index contributed by atoms with van der Waals surface area (Å²) in [7, 11) is 5.03. The molecule has 0 atom stereocenters. The molecule has 0 radical (unpaired) electrons. The fourth-order valence-electron chi connectivity index (χ4n) is 1.87. The van der Waals surface area contributed by atoms with Crippen LogP contribution in [0.5, 0.6) is 11.5 Å². The van der Waals surface area contributed by atoms with Crippen LogP contribution >= 0.6 is 0 Å². The largest absolute Gasteiger partial charge is 0.493 e. The van der Waals surface area contributed by atoms with Crippen LogP contribution in [0.3, 0.4) is 0 Å². The van der Waals surface area contributed by atoms with Crippen LogP contribution in [-0.2, 0) is 6.42 Å². The van der Waals surface area contributed by atoms with Crippen molar-refractivity contribution in [2.24, 2.45) is 0 Å². The first-order valence-corrected chi connectivity index (χ1v) is 6.03. The van der Waals surface area contributed by atoms with Gasteiger partial charge in [0, 0.05) is 13.5 Å². The molecule has 1 heterocycles. The summed E-state index contributed by atoms with van der Waals surface area (Å²) in [6.45, 7) is 1.93. The van der Waals surface area contributed by atoms with Crippen LogP contribution < -0.4 is 14.8 Å². The Kier molecular flexibility index (Phi) is 3.94. The van der Waals surface area contributed by atoms with Gasteiger partial charge >= 0.3 is 0 Å². The van der Waals surface area contributed by atoms with Crippen molar-refractivity contribution in [1.82, 2.24) is 4.98 Å². The van der Waals surface area contributed by atoms with Crippen LogP contribution in [0.25, 0.3) is 0 Å². The number of rotatable bonds is 5. The number of ether oxygens (including phenoxy) is 2. The molecule has 0 aliphatic carbocycles. The molecular weight excluding hydrogens is 244 g/mol. The Morgan fingerprint density at radius 1 is 1.21 bits per heavy atom. The van der Waals surface area contributed by atoms with Gasteiger partial charge in [0.1, 0.15) is 5.76 Å². The topological polar surface area (TPSA) is 56.5 Å². The third-order valence-corrected chi connectivity index (χ3v) is 2.92. The van der Waals surface area contributed by atoms with E-state index < -0.39 is 0 Å². The van der Waals surface area contributed by atoms with Crippen LogP contribution in [0.2, 0.25) is 0 Å². The van der Waals surface area contributed by atoms with E-state index in [1.54, 1.807) is 21.3 Å². The highest BCUT2D eigenvalue weighted by Crippen LogP contribution is 2.29. The lowest BCUT2D eigenvalue weighted by Crippen LogP contribution is -1.94. The standard InChI is InChI=1S/C14H18N2O3/c1-9-12(19-14(15-2)16-9)7-10-5-6-11(17-3)13(8-10)18-4/h5-6,8H,7H2,1-4H3,(H,15,16). The number of oxazole rings is 1. The summed E-state index contributed by atoms with van der Waals surface area (Å²) in [6.07, 6.45) is 0.668. The quantitative estimate of drug-likeness (QED) is 0.897. The van der Waals surface area contributed by atoms with Gasteiger partial charge in [-0.15, -0.1) is 0 Å². The SMILES string of the molecule is CNc1nc(C)c(Cc2ccc(OC)c(OC)c2)o1. The summed E-state index contributed by atoms with van der Waals surface area (Å²) in [4.78, 5) is 4.27. The number of nitrogens with one attached hydrogen (secondary N) is 1. The zero-order valence-corrected chi connectivity index (χ0v) is 11.6. The van der Waals surface area contributed by atoms with E-state index in [1.807, 2.05) is 25.1 Å². The lowest BCUT2D eigenvalue weighted by atomic mass is 10.1. The van der Waals surface area contributed by atoms with Gasteiger partial charge in [-0.25, -0.2) is 0 Å². The molecule has 1 N–H and O–H groups in total. The van der Waals surface area contributed by atoms with Crippen molar-refractivity contribution in [1.29, 1.82) is 0 Å². The van der Waals surface area contributed by atoms with E-state index >= 15 is 0 Å². The van der Waals surface area contributed by atoms with E-state index in [2.05, 4.69) is 10.3 Å². The summed E-state index contributed by atoms with van der Waals surface area (Å²) in [5.41, 5.74) is 1.97. The molecule has 19 heavy (non-hydrogen) atoms. The molecule has 2 aromatic rings. The smallest absolute Gasteiger partial charge is 0.294 e. The van der Waals surface area contributed by atoms with Crippen LogP contribution in [-0.4, -0.2) is 26.3 Å². The predicted molar refractivity (Wildman–Crippen MR) is 73.1 cm³/mol. The van der Waals surface area contributed by atoms with Crippen molar-refractivity contribution in [2.45, 2.75) is 13.3 Å². The number of methoxy groups -OCH3 is 2. The molecule has 102 valence electrons. The Balaban J connectivity index is 2.25. The summed E-state index contributed by atoms with van der Waals surface area (Å²) < 4.78 is 16.1. The Bertz CT molecular complexity index is 564.